The van der Waals surface area contributed by atoms with Gasteiger partial charge in [0.1, 0.15) is 0 Å². The molecule has 4 aliphatic rings. The zero-order valence-corrected chi connectivity index (χ0v) is 13.9. The predicted molar refractivity (Wildman–Crippen MR) is 84.8 cm³/mol. The molecule has 3 unspecified atom stereocenters. The van der Waals surface area contributed by atoms with Crippen molar-refractivity contribution >= 4 is 6.03 Å². The molecule has 1 N–H and O–H groups in total. The third kappa shape index (κ3) is 2.16. The van der Waals surface area contributed by atoms with Crippen molar-refractivity contribution in [3.8, 4) is 0 Å². The monoisotopic (exact) mass is 307 g/mol. The van der Waals surface area contributed by atoms with Crippen molar-refractivity contribution in [3.05, 3.63) is 0 Å². The van der Waals surface area contributed by atoms with Crippen molar-refractivity contribution in [2.45, 2.75) is 69.6 Å². The molecule has 0 radical (unpaired) electrons. The fourth-order valence-electron chi connectivity index (χ4n) is 5.43. The highest BCUT2D eigenvalue weighted by molar-refractivity contribution is 5.79. The summed E-state index contributed by atoms with van der Waals surface area (Å²) in [4.78, 5) is 17.4. The lowest BCUT2D eigenvalue weighted by molar-refractivity contribution is 0.127. The van der Waals surface area contributed by atoms with Gasteiger partial charge in [-0.05, 0) is 58.4 Å². The van der Waals surface area contributed by atoms with Crippen molar-refractivity contribution in [2.24, 2.45) is 5.92 Å². The second-order valence-electron chi connectivity index (χ2n) is 7.99. The molecule has 5 heteroatoms. The third-order valence-electron chi connectivity index (χ3n) is 6.26. The molecule has 0 aromatic heterocycles. The predicted octanol–water partition coefficient (Wildman–Crippen LogP) is 1.82. The van der Waals surface area contributed by atoms with Crippen molar-refractivity contribution in [3.63, 3.8) is 0 Å². The molecule has 0 aromatic rings. The molecule has 1 aliphatic carbocycles. The molecule has 1 spiro atoms. The number of rotatable bonds is 2. The maximum Gasteiger partial charge on any atom is 0.321 e. The van der Waals surface area contributed by atoms with Crippen LogP contribution in [0.1, 0.15) is 46.0 Å². The molecule has 3 aliphatic heterocycles. The molecular weight excluding hydrogens is 278 g/mol. The topological polar surface area (TPSA) is 44.8 Å². The first-order valence-corrected chi connectivity index (χ1v) is 9.02. The lowest BCUT2D eigenvalue weighted by Gasteiger charge is -2.36. The Balaban J connectivity index is 1.61. The van der Waals surface area contributed by atoms with Crippen LogP contribution in [0.5, 0.6) is 0 Å². The average Bonchev–Trinajstić information content (AvgIpc) is 3.16. The van der Waals surface area contributed by atoms with Crippen LogP contribution in [-0.2, 0) is 4.74 Å². The van der Waals surface area contributed by atoms with E-state index < -0.39 is 0 Å². The highest BCUT2D eigenvalue weighted by atomic mass is 16.5. The largest absolute Gasteiger partial charge is 0.379 e. The summed E-state index contributed by atoms with van der Waals surface area (Å²) in [5.74, 6) is 0.752. The summed E-state index contributed by atoms with van der Waals surface area (Å²) in [5.41, 5.74) is 0.0561. The fourth-order valence-corrected chi connectivity index (χ4v) is 5.43. The molecule has 0 aromatic carbocycles. The van der Waals surface area contributed by atoms with Gasteiger partial charge in [-0.2, -0.15) is 0 Å². The molecule has 22 heavy (non-hydrogen) atoms. The van der Waals surface area contributed by atoms with Gasteiger partial charge in [0.15, 0.2) is 0 Å². The first-order valence-electron chi connectivity index (χ1n) is 9.02. The summed E-state index contributed by atoms with van der Waals surface area (Å²) in [6.45, 7) is 7.92. The molecule has 5 nitrogen and oxygen atoms in total. The zero-order chi connectivity index (χ0) is 15.3. The Morgan fingerprint density at radius 2 is 2.18 bits per heavy atom. The fraction of sp³-hybridized carbons (Fsp3) is 0.941. The number of amides is 2. The average molecular weight is 307 g/mol. The van der Waals surface area contributed by atoms with Crippen LogP contribution >= 0.6 is 0 Å². The lowest BCUT2D eigenvalue weighted by Crippen LogP contribution is -2.49. The highest BCUT2D eigenvalue weighted by Crippen LogP contribution is 2.47. The number of fused-ring (bicyclic) bond motifs is 1. The van der Waals surface area contributed by atoms with Gasteiger partial charge in [-0.25, -0.2) is 4.79 Å². The van der Waals surface area contributed by atoms with E-state index in [-0.39, 0.29) is 17.6 Å². The molecular formula is C17H29N3O2. The Bertz CT molecular complexity index is 433. The number of nitrogens with zero attached hydrogens (tertiary/aromatic N) is 2. The molecule has 3 heterocycles. The number of hydrogen-bond acceptors (Lipinski definition) is 3. The maximum absolute atomic E-state index is 13.1. The van der Waals surface area contributed by atoms with Crippen LogP contribution in [0.15, 0.2) is 0 Å². The first-order chi connectivity index (χ1) is 10.6. The normalized spacial score (nSPS) is 42.0. The Kier molecular flexibility index (Phi) is 3.61. The smallest absolute Gasteiger partial charge is 0.321 e. The van der Waals surface area contributed by atoms with Gasteiger partial charge in [0.2, 0.25) is 0 Å². The standard InChI is InChI=1S/C17H29N3O2/c1-12(2)20-16(21)19(14-5-7-22-10-14)11-17(20)8-13-4-3-6-18-15(13)9-17/h12-15,18H,3-11H2,1-2H3/t13?,14-,15?,17?/m0/s1. The zero-order valence-electron chi connectivity index (χ0n) is 13.9. The van der Waals surface area contributed by atoms with E-state index in [9.17, 15) is 4.79 Å². The Labute approximate surface area is 133 Å². The van der Waals surface area contributed by atoms with Crippen molar-refractivity contribution < 1.29 is 9.53 Å². The number of hydrogen-bond donors (Lipinski definition) is 1. The molecule has 4 atom stereocenters. The van der Waals surface area contributed by atoms with E-state index in [0.717, 1.165) is 45.1 Å². The van der Waals surface area contributed by atoms with E-state index >= 15 is 0 Å². The summed E-state index contributed by atoms with van der Waals surface area (Å²) in [6, 6.07) is 1.44. The van der Waals surface area contributed by atoms with E-state index in [1.54, 1.807) is 0 Å². The van der Waals surface area contributed by atoms with Gasteiger partial charge >= 0.3 is 6.03 Å². The van der Waals surface area contributed by atoms with Gasteiger partial charge in [-0.1, -0.05) is 0 Å². The van der Waals surface area contributed by atoms with Crippen LogP contribution in [0.3, 0.4) is 0 Å². The minimum Gasteiger partial charge on any atom is -0.379 e. The van der Waals surface area contributed by atoms with E-state index in [4.69, 9.17) is 4.74 Å². The molecule has 1 saturated carbocycles. The quantitative estimate of drug-likeness (QED) is 0.846. The minimum absolute atomic E-state index is 0.0561. The van der Waals surface area contributed by atoms with Gasteiger partial charge < -0.3 is 19.9 Å². The molecule has 0 bridgehead atoms. The number of nitrogens with one attached hydrogen (secondary N) is 1. The van der Waals surface area contributed by atoms with E-state index in [2.05, 4.69) is 29.0 Å². The Morgan fingerprint density at radius 1 is 1.32 bits per heavy atom. The van der Waals surface area contributed by atoms with Crippen LogP contribution in [0, 0.1) is 5.92 Å². The second kappa shape index (κ2) is 5.38. The minimum atomic E-state index is 0.0561. The summed E-state index contributed by atoms with van der Waals surface area (Å²) in [6.07, 6.45) is 5.92. The van der Waals surface area contributed by atoms with Crippen LogP contribution in [-0.4, -0.2) is 65.8 Å². The second-order valence-corrected chi connectivity index (χ2v) is 7.99. The van der Waals surface area contributed by atoms with Gasteiger partial charge in [0.05, 0.1) is 18.2 Å². The molecule has 4 rings (SSSR count). The summed E-state index contributed by atoms with van der Waals surface area (Å²) in [5, 5.41) is 3.71. The summed E-state index contributed by atoms with van der Waals surface area (Å²) < 4.78 is 5.53. The number of piperidine rings is 1. The van der Waals surface area contributed by atoms with E-state index in [1.165, 1.54) is 19.3 Å². The molecule has 4 fully saturated rings. The first kappa shape index (κ1) is 14.8. The number of carbonyl (C=O) groups is 1. The number of carbonyl (C=O) groups excluding carboxylic acids is 1. The van der Waals surface area contributed by atoms with Crippen molar-refractivity contribution in [1.29, 1.82) is 0 Å². The van der Waals surface area contributed by atoms with Crippen LogP contribution < -0.4 is 5.32 Å². The number of ether oxygens (including phenoxy) is 1. The van der Waals surface area contributed by atoms with E-state index in [1.807, 2.05) is 0 Å². The highest BCUT2D eigenvalue weighted by Gasteiger charge is 2.58. The third-order valence-corrected chi connectivity index (χ3v) is 6.26. The van der Waals surface area contributed by atoms with E-state index in [0.29, 0.717) is 12.1 Å². The SMILES string of the molecule is CC(C)N1C(=O)N([C@H]2CCOC2)CC12CC1CCCNC1C2. The Hall–Kier alpha value is -0.810. The van der Waals surface area contributed by atoms with Crippen LogP contribution in [0.2, 0.25) is 0 Å². The lowest BCUT2D eigenvalue weighted by atomic mass is 9.91. The van der Waals surface area contributed by atoms with Gasteiger partial charge in [0.25, 0.3) is 0 Å². The Morgan fingerprint density at radius 3 is 2.86 bits per heavy atom. The summed E-state index contributed by atoms with van der Waals surface area (Å²) >= 11 is 0. The van der Waals surface area contributed by atoms with Crippen LogP contribution in [0.25, 0.3) is 0 Å². The molecule has 2 amide bonds. The van der Waals surface area contributed by atoms with Gasteiger partial charge in [0, 0.05) is 25.2 Å². The number of urea groups is 1. The molecule has 124 valence electrons. The molecule has 3 saturated heterocycles. The maximum atomic E-state index is 13.1. The van der Waals surface area contributed by atoms with Crippen molar-refractivity contribution in [2.75, 3.05) is 26.3 Å². The van der Waals surface area contributed by atoms with Crippen LogP contribution in [0.4, 0.5) is 4.79 Å². The summed E-state index contributed by atoms with van der Waals surface area (Å²) in [7, 11) is 0. The van der Waals surface area contributed by atoms with Crippen molar-refractivity contribution in [1.82, 2.24) is 15.1 Å². The van der Waals surface area contributed by atoms with Gasteiger partial charge in [-0.3, -0.25) is 0 Å². The van der Waals surface area contributed by atoms with Gasteiger partial charge in [-0.15, -0.1) is 0 Å².